The zero-order valence-corrected chi connectivity index (χ0v) is 15.2. The molecule has 21 heavy (non-hydrogen) atoms. The van der Waals surface area contributed by atoms with E-state index in [9.17, 15) is 0 Å². The van der Waals surface area contributed by atoms with Crippen molar-refractivity contribution in [1.82, 2.24) is 4.98 Å². The summed E-state index contributed by atoms with van der Waals surface area (Å²) in [6, 6.07) is 5.54. The maximum Gasteiger partial charge on any atom is 0.141 e. The molecule has 0 amide bonds. The molecule has 0 saturated carbocycles. The van der Waals surface area contributed by atoms with Crippen LogP contribution < -0.4 is 11.1 Å². The molecule has 2 rings (SSSR count). The Balaban J connectivity index is 2.54. The number of halogens is 3. The van der Waals surface area contributed by atoms with Crippen LogP contribution in [0.2, 0.25) is 10.0 Å². The molecule has 0 bridgehead atoms. The fourth-order valence-electron chi connectivity index (χ4n) is 1.99. The summed E-state index contributed by atoms with van der Waals surface area (Å²) in [6.45, 7) is 3.84. The summed E-state index contributed by atoms with van der Waals surface area (Å²) in [7, 11) is 0. The zero-order valence-electron chi connectivity index (χ0n) is 11.3. The van der Waals surface area contributed by atoms with E-state index in [1.807, 2.05) is 19.9 Å². The summed E-state index contributed by atoms with van der Waals surface area (Å²) in [5.74, 6) is 0.570. The highest BCUT2D eigenvalue weighted by Gasteiger charge is 2.14. The number of hydrogen-bond donors (Lipinski definition) is 2. The molecule has 0 aliphatic rings. The summed E-state index contributed by atoms with van der Waals surface area (Å²) in [5.41, 5.74) is 8.95. The van der Waals surface area contributed by atoms with Crippen molar-refractivity contribution in [2.45, 2.75) is 13.8 Å². The molecule has 3 nitrogen and oxygen atoms in total. The van der Waals surface area contributed by atoms with Crippen molar-refractivity contribution in [2.24, 2.45) is 5.73 Å². The molecule has 110 valence electrons. The number of nitrogens with two attached hydrogens (primary N) is 1. The SMILES string of the molecule is Cc1cc(C)c(C(N)=S)c(Nc2ccc(Br)c(Cl)c2Cl)n1. The molecule has 0 saturated heterocycles. The number of hydrogen-bond acceptors (Lipinski definition) is 3. The van der Waals surface area contributed by atoms with Crippen LogP contribution in [0.4, 0.5) is 11.5 Å². The van der Waals surface area contributed by atoms with Crippen LogP contribution in [0.25, 0.3) is 0 Å². The number of rotatable bonds is 3. The first-order chi connectivity index (χ1) is 9.81. The quantitative estimate of drug-likeness (QED) is 0.548. The average Bonchev–Trinajstić information content (AvgIpc) is 2.38. The lowest BCUT2D eigenvalue weighted by molar-refractivity contribution is 1.17. The molecule has 2 aromatic rings. The maximum absolute atomic E-state index is 6.24. The zero-order chi connectivity index (χ0) is 15.7. The Kier molecular flexibility index (Phi) is 5.09. The number of aromatic nitrogens is 1. The van der Waals surface area contributed by atoms with Crippen LogP contribution in [0.5, 0.6) is 0 Å². The second-order valence-electron chi connectivity index (χ2n) is 4.52. The Morgan fingerprint density at radius 3 is 2.57 bits per heavy atom. The van der Waals surface area contributed by atoms with E-state index in [0.29, 0.717) is 27.1 Å². The maximum atomic E-state index is 6.24. The molecule has 0 aliphatic carbocycles. The average molecular weight is 405 g/mol. The fourth-order valence-corrected chi connectivity index (χ4v) is 3.07. The summed E-state index contributed by atoms with van der Waals surface area (Å²) in [6.07, 6.45) is 0. The van der Waals surface area contributed by atoms with Crippen LogP contribution in [0.1, 0.15) is 16.8 Å². The van der Waals surface area contributed by atoms with E-state index in [2.05, 4.69) is 26.2 Å². The lowest BCUT2D eigenvalue weighted by atomic mass is 10.1. The molecule has 0 spiro atoms. The van der Waals surface area contributed by atoms with E-state index < -0.39 is 0 Å². The van der Waals surface area contributed by atoms with Gasteiger partial charge in [0.1, 0.15) is 10.8 Å². The number of anilines is 2. The Hall–Kier alpha value is -0.880. The molecule has 0 unspecified atom stereocenters. The molecule has 1 aromatic heterocycles. The minimum Gasteiger partial charge on any atom is -0.389 e. The fraction of sp³-hybridized carbons (Fsp3) is 0.143. The topological polar surface area (TPSA) is 50.9 Å². The van der Waals surface area contributed by atoms with Crippen LogP contribution in [-0.2, 0) is 0 Å². The molecule has 0 fully saturated rings. The number of aryl methyl sites for hydroxylation is 2. The molecule has 3 N–H and O–H groups in total. The van der Waals surface area contributed by atoms with Crippen molar-refractivity contribution >= 4 is 67.8 Å². The van der Waals surface area contributed by atoms with Crippen molar-refractivity contribution in [2.75, 3.05) is 5.32 Å². The molecular formula is C14H12BrCl2N3S. The third kappa shape index (κ3) is 3.48. The van der Waals surface area contributed by atoms with Crippen molar-refractivity contribution in [3.8, 4) is 0 Å². The second kappa shape index (κ2) is 6.48. The molecule has 7 heteroatoms. The summed E-state index contributed by atoms with van der Waals surface area (Å²) in [4.78, 5) is 4.73. The highest BCUT2D eigenvalue weighted by atomic mass is 79.9. The molecule has 0 atom stereocenters. The Bertz CT molecular complexity index is 735. The van der Waals surface area contributed by atoms with E-state index >= 15 is 0 Å². The van der Waals surface area contributed by atoms with E-state index in [4.69, 9.17) is 41.2 Å². The minimum absolute atomic E-state index is 0.279. The monoisotopic (exact) mass is 403 g/mol. The smallest absolute Gasteiger partial charge is 0.141 e. The van der Waals surface area contributed by atoms with Crippen molar-refractivity contribution < 1.29 is 0 Å². The van der Waals surface area contributed by atoms with Crippen molar-refractivity contribution in [3.63, 3.8) is 0 Å². The van der Waals surface area contributed by atoms with E-state index in [-0.39, 0.29) is 4.99 Å². The second-order valence-corrected chi connectivity index (χ2v) is 6.57. The lowest BCUT2D eigenvalue weighted by Crippen LogP contribution is -2.15. The number of pyridine rings is 1. The van der Waals surface area contributed by atoms with Crippen LogP contribution in [0.15, 0.2) is 22.7 Å². The Labute approximate surface area is 147 Å². The third-order valence-electron chi connectivity index (χ3n) is 2.88. The molecule has 0 radical (unpaired) electrons. The van der Waals surface area contributed by atoms with Gasteiger partial charge in [-0.15, -0.1) is 0 Å². The van der Waals surface area contributed by atoms with E-state index in [1.54, 1.807) is 12.1 Å². The van der Waals surface area contributed by atoms with E-state index in [0.717, 1.165) is 15.7 Å². The summed E-state index contributed by atoms with van der Waals surface area (Å²) < 4.78 is 0.725. The molecule has 1 aromatic carbocycles. The third-order valence-corrected chi connectivity index (χ3v) is 4.85. The first kappa shape index (κ1) is 16.5. The first-order valence-electron chi connectivity index (χ1n) is 5.99. The summed E-state index contributed by atoms with van der Waals surface area (Å²) >= 11 is 20.8. The predicted octanol–water partition coefficient (Wildman–Crippen LogP) is 5.15. The number of thiocarbonyl (C=S) groups is 1. The Morgan fingerprint density at radius 2 is 1.95 bits per heavy atom. The van der Waals surface area contributed by atoms with E-state index in [1.165, 1.54) is 0 Å². The van der Waals surface area contributed by atoms with Gasteiger partial charge in [0.05, 0.1) is 21.3 Å². The van der Waals surface area contributed by atoms with Gasteiger partial charge in [-0.1, -0.05) is 35.4 Å². The van der Waals surface area contributed by atoms with Crippen LogP contribution >= 0.6 is 51.3 Å². The van der Waals surface area contributed by atoms with Gasteiger partial charge in [0.15, 0.2) is 0 Å². The van der Waals surface area contributed by atoms with Gasteiger partial charge in [0.2, 0.25) is 0 Å². The first-order valence-corrected chi connectivity index (χ1v) is 7.95. The van der Waals surface area contributed by atoms with Gasteiger partial charge in [-0.05, 0) is 53.5 Å². The van der Waals surface area contributed by atoms with Gasteiger partial charge < -0.3 is 11.1 Å². The molecule has 0 aliphatic heterocycles. The largest absolute Gasteiger partial charge is 0.389 e. The lowest BCUT2D eigenvalue weighted by Gasteiger charge is -2.15. The summed E-state index contributed by atoms with van der Waals surface area (Å²) in [5, 5.41) is 3.99. The Morgan fingerprint density at radius 1 is 1.29 bits per heavy atom. The van der Waals surface area contributed by atoms with Gasteiger partial charge >= 0.3 is 0 Å². The molecule has 1 heterocycles. The highest BCUT2D eigenvalue weighted by Crippen LogP contribution is 2.37. The number of nitrogens with one attached hydrogen (secondary N) is 1. The molecular weight excluding hydrogens is 393 g/mol. The van der Waals surface area contributed by atoms with Gasteiger partial charge in [-0.25, -0.2) is 4.98 Å². The standard InChI is InChI=1S/C14H12BrCl2N3S/c1-6-5-7(2)19-14(10(6)13(18)21)20-9-4-3-8(15)11(16)12(9)17/h3-5H,1-2H3,(H2,18,21)(H,19,20). The van der Waals surface area contributed by atoms with Crippen LogP contribution in [0.3, 0.4) is 0 Å². The van der Waals surface area contributed by atoms with Gasteiger partial charge in [-0.2, -0.15) is 0 Å². The normalized spacial score (nSPS) is 10.5. The number of nitrogens with zero attached hydrogens (tertiary/aromatic N) is 1. The van der Waals surface area contributed by atoms with Gasteiger partial charge in [0.25, 0.3) is 0 Å². The van der Waals surface area contributed by atoms with Crippen LogP contribution in [0, 0.1) is 13.8 Å². The predicted molar refractivity (Wildman–Crippen MR) is 97.0 cm³/mol. The van der Waals surface area contributed by atoms with Gasteiger partial charge in [-0.3, -0.25) is 0 Å². The van der Waals surface area contributed by atoms with Crippen molar-refractivity contribution in [1.29, 1.82) is 0 Å². The van der Waals surface area contributed by atoms with Gasteiger partial charge in [0, 0.05) is 10.2 Å². The minimum atomic E-state index is 0.279. The van der Waals surface area contributed by atoms with Crippen LogP contribution in [-0.4, -0.2) is 9.97 Å². The van der Waals surface area contributed by atoms with Crippen molar-refractivity contribution in [3.05, 3.63) is 49.5 Å². The highest BCUT2D eigenvalue weighted by molar-refractivity contribution is 9.10. The number of benzene rings is 1.